The van der Waals surface area contributed by atoms with Crippen molar-refractivity contribution in [2.45, 2.75) is 77.4 Å². The van der Waals surface area contributed by atoms with E-state index in [9.17, 15) is 10.2 Å². The molecule has 5 aliphatic rings. The summed E-state index contributed by atoms with van der Waals surface area (Å²) in [4.78, 5) is 0. The van der Waals surface area contributed by atoms with Crippen molar-refractivity contribution in [3.8, 4) is 17.2 Å². The largest absolute Gasteiger partial charge is 0.493 e. The second-order valence-corrected chi connectivity index (χ2v) is 11.9. The maximum absolute atomic E-state index is 11.6. The predicted octanol–water partition coefficient (Wildman–Crippen LogP) is 5.18. The number of ether oxygens (including phenoxy) is 3. The molecule has 33 heavy (non-hydrogen) atoms. The minimum absolute atomic E-state index is 0.0508. The van der Waals surface area contributed by atoms with Crippen LogP contribution in [0.3, 0.4) is 0 Å². The fraction of sp³-hybridized carbons (Fsp3) is 0.714. The van der Waals surface area contributed by atoms with Gasteiger partial charge in [-0.2, -0.15) is 0 Å². The average Bonchev–Trinajstić information content (AvgIpc) is 3.37. The molecule has 0 amide bonds. The summed E-state index contributed by atoms with van der Waals surface area (Å²) in [5.41, 5.74) is 2.45. The predicted molar refractivity (Wildman–Crippen MR) is 126 cm³/mol. The summed E-state index contributed by atoms with van der Waals surface area (Å²) in [6.45, 7) is 5.07. The first-order chi connectivity index (χ1) is 15.8. The standard InChI is InChI=1S/C28H38O5/c1-27-8-6-19(29)14-18(27)4-5-20-21(27)7-9-28(2)22(20)13-17(26(28)30)10-16-11-23(31-3)25-24(12-16)32-15-33-25/h10-12,18-22,26,29-30H,4-9,13-15H2,1-3H3/b17-10-/t18-,19-,20-,21+,22+,26-,27-,28-/m0/s1. The lowest BCUT2D eigenvalue weighted by Crippen LogP contribution is -2.54. The molecule has 4 aliphatic carbocycles. The SMILES string of the molecule is COc1cc(/C=C2/C[C@@H]3[C@H]4CC[C@H]5C[C@@H](O)CC[C@]5(C)[C@@H]4CC[C@]3(C)[C@H]2O)cc2c1OCO2. The second kappa shape index (κ2) is 7.64. The van der Waals surface area contributed by atoms with Crippen molar-refractivity contribution in [3.63, 3.8) is 0 Å². The molecule has 1 aromatic carbocycles. The third-order valence-corrected chi connectivity index (χ3v) is 10.5. The Balaban J connectivity index is 1.30. The van der Waals surface area contributed by atoms with E-state index in [0.717, 1.165) is 49.2 Å². The topological polar surface area (TPSA) is 68.2 Å². The van der Waals surface area contributed by atoms with Gasteiger partial charge >= 0.3 is 0 Å². The molecule has 1 heterocycles. The van der Waals surface area contributed by atoms with Crippen LogP contribution in [0.15, 0.2) is 17.7 Å². The molecule has 6 rings (SSSR count). The summed E-state index contributed by atoms with van der Waals surface area (Å²) < 4.78 is 16.7. The van der Waals surface area contributed by atoms with Crippen LogP contribution in [-0.2, 0) is 0 Å². The monoisotopic (exact) mass is 454 g/mol. The molecule has 5 heteroatoms. The molecule has 1 aromatic rings. The molecule has 4 fully saturated rings. The zero-order valence-electron chi connectivity index (χ0n) is 20.2. The van der Waals surface area contributed by atoms with Crippen LogP contribution in [0.25, 0.3) is 6.08 Å². The molecule has 0 bridgehead atoms. The fourth-order valence-electron chi connectivity index (χ4n) is 8.68. The fourth-order valence-corrected chi connectivity index (χ4v) is 8.68. The lowest BCUT2D eigenvalue weighted by Gasteiger charge is -2.60. The molecule has 0 aromatic heterocycles. The Morgan fingerprint density at radius 2 is 1.82 bits per heavy atom. The van der Waals surface area contributed by atoms with Crippen molar-refractivity contribution in [2.24, 2.45) is 34.5 Å². The van der Waals surface area contributed by atoms with Crippen molar-refractivity contribution >= 4 is 6.08 Å². The van der Waals surface area contributed by atoms with Crippen LogP contribution in [0, 0.1) is 34.5 Å². The van der Waals surface area contributed by atoms with E-state index in [1.807, 2.05) is 12.1 Å². The van der Waals surface area contributed by atoms with Crippen molar-refractivity contribution < 1.29 is 24.4 Å². The Hall–Kier alpha value is -1.72. The van der Waals surface area contributed by atoms with Crippen LogP contribution in [0.5, 0.6) is 17.2 Å². The number of hydrogen-bond acceptors (Lipinski definition) is 5. The van der Waals surface area contributed by atoms with E-state index in [1.54, 1.807) is 7.11 Å². The zero-order chi connectivity index (χ0) is 23.0. The summed E-state index contributed by atoms with van der Waals surface area (Å²) >= 11 is 0. The van der Waals surface area contributed by atoms with Crippen molar-refractivity contribution in [1.82, 2.24) is 0 Å². The van der Waals surface area contributed by atoms with Gasteiger partial charge in [-0.15, -0.1) is 0 Å². The van der Waals surface area contributed by atoms with Gasteiger partial charge in [0.05, 0.1) is 19.3 Å². The summed E-state index contributed by atoms with van der Waals surface area (Å²) in [6, 6.07) is 3.98. The first-order valence-corrected chi connectivity index (χ1v) is 12.9. The highest BCUT2D eigenvalue weighted by molar-refractivity contribution is 5.65. The minimum Gasteiger partial charge on any atom is -0.493 e. The molecule has 0 unspecified atom stereocenters. The second-order valence-electron chi connectivity index (χ2n) is 11.9. The van der Waals surface area contributed by atoms with E-state index >= 15 is 0 Å². The first kappa shape index (κ1) is 21.8. The van der Waals surface area contributed by atoms with Gasteiger partial charge in [-0.1, -0.05) is 19.9 Å². The van der Waals surface area contributed by atoms with Gasteiger partial charge in [0.2, 0.25) is 12.5 Å². The molecule has 0 spiro atoms. The molecule has 5 nitrogen and oxygen atoms in total. The van der Waals surface area contributed by atoms with Crippen LogP contribution in [-0.4, -0.2) is 36.3 Å². The summed E-state index contributed by atoms with van der Waals surface area (Å²) in [7, 11) is 1.65. The summed E-state index contributed by atoms with van der Waals surface area (Å²) in [6.07, 6.45) is 10.5. The molecular weight excluding hydrogens is 416 g/mol. The van der Waals surface area contributed by atoms with Gasteiger partial charge in [0.1, 0.15) is 0 Å². The lowest BCUT2D eigenvalue weighted by molar-refractivity contribution is -0.133. The normalized spacial score (nSPS) is 44.8. The van der Waals surface area contributed by atoms with Crippen LogP contribution in [0.2, 0.25) is 0 Å². The van der Waals surface area contributed by atoms with E-state index in [2.05, 4.69) is 19.9 Å². The third-order valence-electron chi connectivity index (χ3n) is 10.5. The molecule has 0 radical (unpaired) electrons. The van der Waals surface area contributed by atoms with E-state index in [4.69, 9.17) is 14.2 Å². The van der Waals surface area contributed by atoms with Crippen LogP contribution >= 0.6 is 0 Å². The zero-order valence-corrected chi connectivity index (χ0v) is 20.2. The number of hydrogen-bond donors (Lipinski definition) is 2. The highest BCUT2D eigenvalue weighted by atomic mass is 16.7. The Bertz CT molecular complexity index is 971. The van der Waals surface area contributed by atoms with Crippen molar-refractivity contribution in [2.75, 3.05) is 13.9 Å². The van der Waals surface area contributed by atoms with Crippen LogP contribution in [0.4, 0.5) is 0 Å². The van der Waals surface area contributed by atoms with Crippen molar-refractivity contribution in [1.29, 1.82) is 0 Å². The van der Waals surface area contributed by atoms with Crippen LogP contribution < -0.4 is 14.2 Å². The van der Waals surface area contributed by atoms with Gasteiger partial charge in [0, 0.05) is 5.41 Å². The maximum Gasteiger partial charge on any atom is 0.231 e. The molecule has 4 saturated carbocycles. The van der Waals surface area contributed by atoms with Crippen molar-refractivity contribution in [3.05, 3.63) is 23.3 Å². The van der Waals surface area contributed by atoms with Crippen LogP contribution in [0.1, 0.15) is 70.8 Å². The van der Waals surface area contributed by atoms with Gasteiger partial charge in [-0.05, 0) is 104 Å². The first-order valence-electron chi connectivity index (χ1n) is 12.9. The number of aliphatic hydroxyl groups is 2. The smallest absolute Gasteiger partial charge is 0.231 e. The van der Waals surface area contributed by atoms with Gasteiger partial charge in [-0.3, -0.25) is 0 Å². The number of methoxy groups -OCH3 is 1. The Labute approximate surface area is 197 Å². The van der Waals surface area contributed by atoms with Gasteiger partial charge in [-0.25, -0.2) is 0 Å². The molecule has 0 saturated heterocycles. The third kappa shape index (κ3) is 3.18. The quantitative estimate of drug-likeness (QED) is 0.644. The van der Waals surface area contributed by atoms with Gasteiger partial charge < -0.3 is 24.4 Å². The maximum atomic E-state index is 11.6. The number of rotatable bonds is 2. The molecule has 8 atom stereocenters. The minimum atomic E-state index is -0.404. The van der Waals surface area contributed by atoms with E-state index < -0.39 is 6.10 Å². The summed E-state index contributed by atoms with van der Waals surface area (Å²) in [5, 5.41) is 21.8. The number of fused-ring (bicyclic) bond motifs is 6. The highest BCUT2D eigenvalue weighted by Gasteiger charge is 2.61. The average molecular weight is 455 g/mol. The summed E-state index contributed by atoms with van der Waals surface area (Å²) in [5.74, 6) is 4.64. The van der Waals surface area contributed by atoms with Gasteiger partial charge in [0.25, 0.3) is 0 Å². The molecule has 1 aliphatic heterocycles. The number of aliphatic hydroxyl groups excluding tert-OH is 2. The number of benzene rings is 1. The van der Waals surface area contributed by atoms with E-state index in [1.165, 1.54) is 19.3 Å². The Morgan fingerprint density at radius 3 is 2.64 bits per heavy atom. The molecular formula is C28H38O5. The lowest BCUT2D eigenvalue weighted by atomic mass is 9.45. The van der Waals surface area contributed by atoms with Gasteiger partial charge in [0.15, 0.2) is 11.5 Å². The molecule has 180 valence electrons. The van der Waals surface area contributed by atoms with E-state index in [-0.39, 0.29) is 18.3 Å². The molecule has 2 N–H and O–H groups in total. The highest BCUT2D eigenvalue weighted by Crippen LogP contribution is 2.67. The van der Waals surface area contributed by atoms with E-state index in [0.29, 0.717) is 40.4 Å². The Kier molecular flexibility index (Phi) is 5.05. The Morgan fingerprint density at radius 1 is 1.00 bits per heavy atom.